The van der Waals surface area contributed by atoms with Gasteiger partial charge in [0.15, 0.2) is 0 Å². The van der Waals surface area contributed by atoms with Crippen LogP contribution in [0.4, 0.5) is 0 Å². The molecule has 0 atom stereocenters. The topological polar surface area (TPSA) is 74.6 Å². The van der Waals surface area contributed by atoms with Crippen molar-refractivity contribution in [3.8, 4) is 0 Å². The van der Waals surface area contributed by atoms with Gasteiger partial charge in [-0.05, 0) is 6.92 Å². The van der Waals surface area contributed by atoms with Crippen LogP contribution < -0.4 is 0 Å². The molecule has 0 aromatic rings. The van der Waals surface area contributed by atoms with E-state index in [9.17, 15) is 9.59 Å². The Morgan fingerprint density at radius 1 is 1.06 bits per heavy atom. The summed E-state index contributed by atoms with van der Waals surface area (Å²) in [5.74, 6) is -0.516. The molecule has 2 N–H and O–H groups in total. The quantitative estimate of drug-likeness (QED) is 0.562. The molecule has 2 radical (unpaired) electrons. The van der Waals surface area contributed by atoms with Gasteiger partial charge in [-0.15, -0.1) is 0 Å². The monoisotopic (exact) mass is 364 g/mol. The summed E-state index contributed by atoms with van der Waals surface area (Å²) in [5, 5.41) is 16.1. The summed E-state index contributed by atoms with van der Waals surface area (Å²) in [7, 11) is 0. The normalized spacial score (nSPS) is 11.2. The number of hydrogen-bond acceptors (Lipinski definition) is 2. The van der Waals surface area contributed by atoms with Crippen LogP contribution in [-0.4, -0.2) is 43.3 Å². The molecule has 0 spiro atoms. The summed E-state index contributed by atoms with van der Waals surface area (Å²) < 4.78 is 3.14. The van der Waals surface area contributed by atoms with Crippen LogP contribution in [0, 0.1) is 11.8 Å². The van der Waals surface area contributed by atoms with E-state index in [1.54, 1.807) is 8.87 Å². The zero-order chi connectivity index (χ0) is 14.7. The average molecular weight is 363 g/mol. The number of hydrogen-bond donors (Lipinski definition) is 2. The van der Waals surface area contributed by atoms with Crippen LogP contribution in [0.25, 0.3) is 0 Å². The van der Waals surface area contributed by atoms with Gasteiger partial charge in [-0.1, -0.05) is 0 Å². The fraction of sp³-hybridized carbons (Fsp3) is 0.692. The number of carboxylic acids is 2. The van der Waals surface area contributed by atoms with Crippen molar-refractivity contribution in [2.75, 3.05) is 0 Å². The molecule has 5 heteroatoms. The molecule has 0 bridgehead atoms. The molecule has 0 aliphatic rings. The van der Waals surface area contributed by atoms with Crippen molar-refractivity contribution < 1.29 is 19.8 Å². The molecule has 18 heavy (non-hydrogen) atoms. The Kier molecular flexibility index (Phi) is 12.7. The second kappa shape index (κ2) is 11.6. The first kappa shape index (κ1) is 19.8. The molecule has 0 aromatic heterocycles. The zero-order valence-electron chi connectivity index (χ0n) is 11.9. The van der Waals surface area contributed by atoms with E-state index in [2.05, 4.69) is 27.7 Å². The van der Waals surface area contributed by atoms with E-state index in [0.717, 1.165) is 11.8 Å². The van der Waals surface area contributed by atoms with E-state index < -0.39 is 11.9 Å². The number of rotatable bonds is 6. The Balaban J connectivity index is 0. The molecule has 0 aliphatic heterocycles. The van der Waals surface area contributed by atoms with Crippen molar-refractivity contribution >= 4 is 33.1 Å². The molecule has 0 aliphatic carbocycles. The van der Waals surface area contributed by atoms with Gasteiger partial charge in [0.1, 0.15) is 0 Å². The predicted octanol–water partition coefficient (Wildman–Crippen LogP) is 2.94. The molecule has 0 aromatic carbocycles. The number of carbonyl (C=O) groups is 2. The Hall–Kier alpha value is -0.521. The van der Waals surface area contributed by atoms with Gasteiger partial charge in [0.25, 0.3) is 0 Å². The SMILES string of the molecule is C/C(=C/C(=O)O)C(=O)O.CC(C)[CH2][Sn][CH2]C(C)C. The average Bonchev–Trinajstić information content (AvgIpc) is 2.15. The van der Waals surface area contributed by atoms with Crippen molar-refractivity contribution in [1.29, 1.82) is 0 Å². The van der Waals surface area contributed by atoms with Crippen molar-refractivity contribution in [2.45, 2.75) is 43.5 Å². The third-order valence-corrected chi connectivity index (χ3v) is 8.09. The molecule has 0 fully saturated rings. The van der Waals surface area contributed by atoms with Gasteiger partial charge >= 0.3 is 81.5 Å². The van der Waals surface area contributed by atoms with E-state index in [1.807, 2.05) is 0 Å². The minimum absolute atomic E-state index is 0.0709. The molecule has 0 saturated heterocycles. The van der Waals surface area contributed by atoms with Crippen LogP contribution in [0.2, 0.25) is 8.87 Å². The molecule has 0 saturated carbocycles. The maximum atomic E-state index is 9.90. The van der Waals surface area contributed by atoms with Crippen LogP contribution in [0.15, 0.2) is 11.6 Å². The van der Waals surface area contributed by atoms with Gasteiger partial charge in [0, 0.05) is 11.6 Å². The minimum atomic E-state index is -1.24. The molecule has 104 valence electrons. The number of carboxylic acid groups (broad SMARTS) is 2. The Labute approximate surface area is 120 Å². The van der Waals surface area contributed by atoms with E-state index in [-0.39, 0.29) is 26.7 Å². The first-order valence-corrected chi connectivity index (χ1v) is 10.1. The van der Waals surface area contributed by atoms with Crippen LogP contribution in [-0.2, 0) is 9.59 Å². The fourth-order valence-corrected chi connectivity index (χ4v) is 4.68. The van der Waals surface area contributed by atoms with E-state index in [1.165, 1.54) is 6.92 Å². The summed E-state index contributed by atoms with van der Waals surface area (Å²) in [6.45, 7) is 10.6. The Morgan fingerprint density at radius 2 is 1.44 bits per heavy atom. The molecule has 0 heterocycles. The second-order valence-electron chi connectivity index (χ2n) is 4.92. The van der Waals surface area contributed by atoms with E-state index >= 15 is 0 Å². The summed E-state index contributed by atoms with van der Waals surface area (Å²) in [5.41, 5.74) is -0.178. The van der Waals surface area contributed by atoms with Crippen LogP contribution in [0.3, 0.4) is 0 Å². The molecule has 0 rings (SSSR count). The summed E-state index contributed by atoms with van der Waals surface area (Å²) >= 11 is 0.0709. The second-order valence-corrected chi connectivity index (χ2v) is 8.67. The van der Waals surface area contributed by atoms with Gasteiger partial charge < -0.3 is 10.2 Å². The third-order valence-electron chi connectivity index (χ3n) is 1.78. The Bertz CT molecular complexity index is 275. The van der Waals surface area contributed by atoms with E-state index in [0.29, 0.717) is 6.08 Å². The first-order chi connectivity index (χ1) is 8.16. The van der Waals surface area contributed by atoms with Crippen molar-refractivity contribution in [1.82, 2.24) is 0 Å². The van der Waals surface area contributed by atoms with Gasteiger partial charge in [-0.2, -0.15) is 0 Å². The van der Waals surface area contributed by atoms with Crippen LogP contribution in [0.1, 0.15) is 34.6 Å². The molecular weight excluding hydrogens is 339 g/mol. The Morgan fingerprint density at radius 3 is 1.61 bits per heavy atom. The summed E-state index contributed by atoms with van der Waals surface area (Å²) in [6, 6.07) is 0. The van der Waals surface area contributed by atoms with Gasteiger partial charge in [-0.3, -0.25) is 0 Å². The van der Waals surface area contributed by atoms with Gasteiger partial charge in [0.05, 0.1) is 0 Å². The van der Waals surface area contributed by atoms with Crippen LogP contribution in [0.5, 0.6) is 0 Å². The maximum absolute atomic E-state index is 9.90. The number of aliphatic carboxylic acids is 2. The summed E-state index contributed by atoms with van der Waals surface area (Å²) in [6.07, 6.45) is 0.641. The predicted molar refractivity (Wildman–Crippen MR) is 74.1 cm³/mol. The van der Waals surface area contributed by atoms with Crippen molar-refractivity contribution in [3.05, 3.63) is 11.6 Å². The molecule has 4 nitrogen and oxygen atoms in total. The van der Waals surface area contributed by atoms with Gasteiger partial charge in [-0.25, -0.2) is 9.59 Å². The van der Waals surface area contributed by atoms with Crippen molar-refractivity contribution in [3.63, 3.8) is 0 Å². The van der Waals surface area contributed by atoms with E-state index in [4.69, 9.17) is 10.2 Å². The first-order valence-electron chi connectivity index (χ1n) is 6.02. The molecule has 0 unspecified atom stereocenters. The van der Waals surface area contributed by atoms with Crippen LogP contribution >= 0.6 is 0 Å². The fourth-order valence-electron chi connectivity index (χ4n) is 0.908. The standard InChI is InChI=1S/C5H6O4.2C4H9.Sn/c1-3(5(8)9)2-4(6)7;2*1-4(2)3;/h2H,1H3,(H,6,7)(H,8,9);2*4H,1H2,2-3H3;/b3-2-;;;. The third kappa shape index (κ3) is 17.9. The molecule has 0 amide bonds. The van der Waals surface area contributed by atoms with Gasteiger partial charge in [0.2, 0.25) is 0 Å². The van der Waals surface area contributed by atoms with Crippen molar-refractivity contribution in [2.24, 2.45) is 11.8 Å². The summed E-state index contributed by atoms with van der Waals surface area (Å²) in [4.78, 5) is 19.7. The molecular formula is C13H24O4Sn. The zero-order valence-corrected chi connectivity index (χ0v) is 14.7.